The molecule has 7 heteroatoms. The van der Waals surface area contributed by atoms with E-state index in [2.05, 4.69) is 10.4 Å². The first-order valence-electron chi connectivity index (χ1n) is 6.73. The van der Waals surface area contributed by atoms with E-state index < -0.39 is 16.1 Å². The van der Waals surface area contributed by atoms with Crippen LogP contribution >= 0.6 is 0 Å². The van der Waals surface area contributed by atoms with Crippen LogP contribution in [0, 0.1) is 17.0 Å². The highest BCUT2D eigenvalue weighted by Gasteiger charge is 2.38. The summed E-state index contributed by atoms with van der Waals surface area (Å²) < 4.78 is 1.60. The summed E-state index contributed by atoms with van der Waals surface area (Å²) in [7, 11) is 0. The fourth-order valence-corrected chi connectivity index (χ4v) is 1.74. The summed E-state index contributed by atoms with van der Waals surface area (Å²) in [6.07, 6.45) is 0.815. The van der Waals surface area contributed by atoms with Crippen LogP contribution < -0.4 is 5.32 Å². The summed E-state index contributed by atoms with van der Waals surface area (Å²) in [6, 6.07) is 0. The van der Waals surface area contributed by atoms with Crippen molar-refractivity contribution in [1.29, 1.82) is 0 Å². The van der Waals surface area contributed by atoms with Crippen molar-refractivity contribution in [2.75, 3.05) is 5.32 Å². The second-order valence-electron chi connectivity index (χ2n) is 6.07. The highest BCUT2D eigenvalue weighted by atomic mass is 16.6. The number of nitrogens with one attached hydrogen (secondary N) is 1. The van der Waals surface area contributed by atoms with Gasteiger partial charge < -0.3 is 10.4 Å². The first kappa shape index (κ1) is 16.4. The van der Waals surface area contributed by atoms with E-state index in [4.69, 9.17) is 0 Å². The topological polar surface area (TPSA) is 93.2 Å². The van der Waals surface area contributed by atoms with Gasteiger partial charge in [0.15, 0.2) is 0 Å². The zero-order chi connectivity index (χ0) is 15.7. The Bertz CT molecular complexity index is 500. The number of aryl methyl sites for hydroxylation is 2. The predicted octanol–water partition coefficient (Wildman–Crippen LogP) is 2.47. The Morgan fingerprint density at radius 2 is 1.95 bits per heavy atom. The van der Waals surface area contributed by atoms with E-state index >= 15 is 0 Å². The number of hydrogen-bond acceptors (Lipinski definition) is 5. The largest absolute Gasteiger partial charge is 0.388 e. The fraction of sp³-hybridized carbons (Fsp3) is 0.769. The second-order valence-corrected chi connectivity index (χ2v) is 6.07. The molecule has 0 atom stereocenters. The molecule has 0 saturated carbocycles. The van der Waals surface area contributed by atoms with Gasteiger partial charge in [-0.05, 0) is 41.0 Å². The van der Waals surface area contributed by atoms with Crippen LogP contribution in [0.25, 0.3) is 0 Å². The van der Waals surface area contributed by atoms with E-state index in [0.717, 1.165) is 6.42 Å². The van der Waals surface area contributed by atoms with Crippen LogP contribution in [0.1, 0.15) is 46.7 Å². The van der Waals surface area contributed by atoms with E-state index in [1.807, 2.05) is 6.92 Å². The van der Waals surface area contributed by atoms with E-state index in [1.54, 1.807) is 39.3 Å². The van der Waals surface area contributed by atoms with E-state index in [-0.39, 0.29) is 5.69 Å². The Hall–Kier alpha value is -1.63. The van der Waals surface area contributed by atoms with Crippen molar-refractivity contribution in [2.45, 2.75) is 65.6 Å². The molecule has 0 aliphatic rings. The zero-order valence-electron chi connectivity index (χ0n) is 13.0. The Kier molecular flexibility index (Phi) is 4.43. The summed E-state index contributed by atoms with van der Waals surface area (Å²) >= 11 is 0. The van der Waals surface area contributed by atoms with Crippen molar-refractivity contribution in [3.8, 4) is 0 Å². The van der Waals surface area contributed by atoms with Gasteiger partial charge in [0.1, 0.15) is 5.69 Å². The molecule has 0 spiro atoms. The molecular weight excluding hydrogens is 260 g/mol. The van der Waals surface area contributed by atoms with Gasteiger partial charge in [-0.25, -0.2) is 4.68 Å². The molecule has 1 heterocycles. The predicted molar refractivity (Wildman–Crippen MR) is 77.9 cm³/mol. The number of aliphatic hydroxyl groups is 1. The standard InChI is InChI=1S/C13H24N4O3/c1-7-8-16-11(10(17(19)20)9(2)15-16)14-12(3,4)13(5,6)18/h14,18H,7-8H2,1-6H3. The van der Waals surface area contributed by atoms with Crippen molar-refractivity contribution in [3.63, 3.8) is 0 Å². The van der Waals surface area contributed by atoms with Crippen molar-refractivity contribution in [2.24, 2.45) is 0 Å². The number of anilines is 1. The third-order valence-electron chi connectivity index (χ3n) is 3.67. The molecule has 0 radical (unpaired) electrons. The van der Waals surface area contributed by atoms with Crippen LogP contribution in [0.15, 0.2) is 0 Å². The van der Waals surface area contributed by atoms with Gasteiger partial charge >= 0.3 is 5.69 Å². The van der Waals surface area contributed by atoms with Crippen molar-refractivity contribution in [1.82, 2.24) is 9.78 Å². The van der Waals surface area contributed by atoms with Gasteiger partial charge in [0.05, 0.1) is 16.1 Å². The second kappa shape index (κ2) is 5.40. The molecule has 0 fully saturated rings. The highest BCUT2D eigenvalue weighted by molar-refractivity contribution is 5.61. The summed E-state index contributed by atoms with van der Waals surface area (Å²) in [5.41, 5.74) is -1.44. The summed E-state index contributed by atoms with van der Waals surface area (Å²) in [6.45, 7) is 11.1. The van der Waals surface area contributed by atoms with Gasteiger partial charge in [0, 0.05) is 6.54 Å². The molecule has 1 rings (SSSR count). The van der Waals surface area contributed by atoms with Crippen LogP contribution in [0.4, 0.5) is 11.5 Å². The average molecular weight is 284 g/mol. The molecule has 114 valence electrons. The molecule has 20 heavy (non-hydrogen) atoms. The number of nitrogens with zero attached hydrogens (tertiary/aromatic N) is 3. The summed E-state index contributed by atoms with van der Waals surface area (Å²) in [5.74, 6) is 0.349. The van der Waals surface area contributed by atoms with Crippen LogP contribution in [-0.4, -0.2) is 31.0 Å². The molecule has 0 bridgehead atoms. The molecule has 0 saturated heterocycles. The minimum Gasteiger partial charge on any atom is -0.388 e. The van der Waals surface area contributed by atoms with Gasteiger partial charge in [0.2, 0.25) is 5.82 Å². The summed E-state index contributed by atoms with van der Waals surface area (Å²) in [5, 5.41) is 28.8. The molecule has 0 aliphatic carbocycles. The zero-order valence-corrected chi connectivity index (χ0v) is 13.0. The van der Waals surface area contributed by atoms with Gasteiger partial charge in [-0.3, -0.25) is 10.1 Å². The molecule has 0 aliphatic heterocycles. The van der Waals surface area contributed by atoms with Gasteiger partial charge in [-0.15, -0.1) is 0 Å². The van der Waals surface area contributed by atoms with E-state index in [1.165, 1.54) is 0 Å². The Morgan fingerprint density at radius 1 is 1.40 bits per heavy atom. The smallest absolute Gasteiger partial charge is 0.333 e. The number of aromatic nitrogens is 2. The fourth-order valence-electron chi connectivity index (χ4n) is 1.74. The van der Waals surface area contributed by atoms with E-state index in [9.17, 15) is 15.2 Å². The molecular formula is C13H24N4O3. The number of rotatable bonds is 6. The lowest BCUT2D eigenvalue weighted by molar-refractivity contribution is -0.384. The van der Waals surface area contributed by atoms with Gasteiger partial charge in [-0.2, -0.15) is 5.10 Å². The molecule has 0 amide bonds. The SMILES string of the molecule is CCCn1nc(C)c([N+](=O)[O-])c1NC(C)(C)C(C)(C)O. The van der Waals surface area contributed by atoms with Crippen LogP contribution in [0.3, 0.4) is 0 Å². The molecule has 1 aromatic rings. The minimum atomic E-state index is -1.05. The lowest BCUT2D eigenvalue weighted by Crippen LogP contribution is -2.51. The summed E-state index contributed by atoms with van der Waals surface area (Å²) in [4.78, 5) is 10.8. The first-order chi connectivity index (χ1) is 9.01. The first-order valence-corrected chi connectivity index (χ1v) is 6.73. The normalized spacial score (nSPS) is 12.6. The number of hydrogen-bond donors (Lipinski definition) is 2. The maximum atomic E-state index is 11.2. The molecule has 2 N–H and O–H groups in total. The Morgan fingerprint density at radius 3 is 2.35 bits per heavy atom. The third kappa shape index (κ3) is 3.09. The number of nitro groups is 1. The van der Waals surface area contributed by atoms with Crippen molar-refractivity contribution in [3.05, 3.63) is 15.8 Å². The van der Waals surface area contributed by atoms with E-state index in [0.29, 0.717) is 18.1 Å². The lowest BCUT2D eigenvalue weighted by Gasteiger charge is -2.38. The Balaban J connectivity index is 3.31. The van der Waals surface area contributed by atoms with Crippen molar-refractivity contribution >= 4 is 11.5 Å². The van der Waals surface area contributed by atoms with Gasteiger partial charge in [-0.1, -0.05) is 6.92 Å². The monoisotopic (exact) mass is 284 g/mol. The van der Waals surface area contributed by atoms with Crippen molar-refractivity contribution < 1.29 is 10.0 Å². The van der Waals surface area contributed by atoms with Crippen LogP contribution in [0.2, 0.25) is 0 Å². The van der Waals surface area contributed by atoms with Gasteiger partial charge in [0.25, 0.3) is 0 Å². The minimum absolute atomic E-state index is 0.0317. The lowest BCUT2D eigenvalue weighted by atomic mass is 9.86. The van der Waals surface area contributed by atoms with Crippen LogP contribution in [0.5, 0.6) is 0 Å². The average Bonchev–Trinajstić information content (AvgIpc) is 2.53. The quantitative estimate of drug-likeness (QED) is 0.618. The Labute approximate surface area is 119 Å². The maximum absolute atomic E-state index is 11.2. The molecule has 0 aromatic carbocycles. The van der Waals surface area contributed by atoms with Crippen LogP contribution in [-0.2, 0) is 6.54 Å². The highest BCUT2D eigenvalue weighted by Crippen LogP contribution is 2.33. The third-order valence-corrected chi connectivity index (χ3v) is 3.67. The molecule has 7 nitrogen and oxygen atoms in total. The molecule has 1 aromatic heterocycles. The molecule has 0 unspecified atom stereocenters. The maximum Gasteiger partial charge on any atom is 0.333 e.